The monoisotopic (exact) mass is 276 g/mol. The van der Waals surface area contributed by atoms with Gasteiger partial charge in [0.15, 0.2) is 5.65 Å². The Bertz CT molecular complexity index is 868. The number of imidazole rings is 1. The quantitative estimate of drug-likeness (QED) is 0.719. The third-order valence-corrected chi connectivity index (χ3v) is 3.72. The van der Waals surface area contributed by atoms with Gasteiger partial charge < -0.3 is 0 Å². The van der Waals surface area contributed by atoms with Gasteiger partial charge in [0.25, 0.3) is 0 Å². The fourth-order valence-corrected chi connectivity index (χ4v) is 2.43. The maximum Gasteiger partial charge on any atom is 0.161 e. The van der Waals surface area contributed by atoms with Crippen LogP contribution in [0.5, 0.6) is 0 Å². The topological polar surface area (TPSA) is 54.5 Å². The molecule has 0 aliphatic carbocycles. The third kappa shape index (κ3) is 2.27. The molecule has 0 spiro atoms. The zero-order valence-corrected chi connectivity index (χ0v) is 12.4. The molecule has 104 valence electrons. The number of hydrogen-bond acceptors (Lipinski definition) is 3. The number of aryl methyl sites for hydroxylation is 3. The van der Waals surface area contributed by atoms with E-state index in [2.05, 4.69) is 42.0 Å². The molecule has 0 bridgehead atoms. The van der Waals surface area contributed by atoms with Crippen LogP contribution in [0.15, 0.2) is 30.5 Å². The highest BCUT2D eigenvalue weighted by Gasteiger charge is 2.14. The third-order valence-electron chi connectivity index (χ3n) is 3.72. The van der Waals surface area contributed by atoms with Crippen LogP contribution in [0.2, 0.25) is 0 Å². The van der Waals surface area contributed by atoms with Crippen molar-refractivity contribution in [1.29, 1.82) is 5.26 Å². The summed E-state index contributed by atoms with van der Waals surface area (Å²) in [5, 5.41) is 9.10. The lowest BCUT2D eigenvalue weighted by Gasteiger charge is -2.06. The van der Waals surface area contributed by atoms with Gasteiger partial charge in [-0.05, 0) is 49.6 Å². The second-order valence-corrected chi connectivity index (χ2v) is 5.33. The molecular formula is C17H16N4. The molecule has 0 saturated carbocycles. The smallest absolute Gasteiger partial charge is 0.161 e. The first-order valence-corrected chi connectivity index (χ1v) is 6.87. The van der Waals surface area contributed by atoms with Crippen LogP contribution in [0.25, 0.3) is 22.6 Å². The van der Waals surface area contributed by atoms with Gasteiger partial charge in [-0.1, -0.05) is 12.1 Å². The van der Waals surface area contributed by atoms with E-state index in [9.17, 15) is 0 Å². The molecule has 21 heavy (non-hydrogen) atoms. The van der Waals surface area contributed by atoms with Crippen molar-refractivity contribution in [3.63, 3.8) is 0 Å². The maximum atomic E-state index is 9.10. The Balaban J connectivity index is 2.27. The van der Waals surface area contributed by atoms with Crippen LogP contribution in [0.1, 0.15) is 16.7 Å². The first-order valence-electron chi connectivity index (χ1n) is 6.87. The first-order chi connectivity index (χ1) is 10.1. The highest BCUT2D eigenvalue weighted by atomic mass is 15.1. The molecule has 3 aromatic rings. The van der Waals surface area contributed by atoms with Gasteiger partial charge >= 0.3 is 0 Å². The minimum atomic E-state index is 0.245. The van der Waals surface area contributed by atoms with Crippen molar-refractivity contribution in [1.82, 2.24) is 14.5 Å². The summed E-state index contributed by atoms with van der Waals surface area (Å²) in [6, 6.07) is 10.4. The van der Waals surface area contributed by atoms with Crippen molar-refractivity contribution < 1.29 is 0 Å². The number of fused-ring (bicyclic) bond motifs is 1. The molecule has 3 rings (SSSR count). The summed E-state index contributed by atoms with van der Waals surface area (Å²) in [6.45, 7) is 6.40. The van der Waals surface area contributed by atoms with Crippen molar-refractivity contribution in [3.8, 4) is 17.5 Å². The summed E-state index contributed by atoms with van der Waals surface area (Å²) in [5.41, 5.74) is 6.14. The Hall–Kier alpha value is -2.67. The lowest BCUT2D eigenvalue weighted by Crippen LogP contribution is -2.00. The van der Waals surface area contributed by atoms with Crippen LogP contribution in [-0.2, 0) is 6.54 Å². The van der Waals surface area contributed by atoms with E-state index < -0.39 is 0 Å². The van der Waals surface area contributed by atoms with E-state index >= 15 is 0 Å². The fraction of sp³-hybridized carbons (Fsp3) is 0.235. The number of nitriles is 1. The minimum absolute atomic E-state index is 0.245. The van der Waals surface area contributed by atoms with E-state index in [0.717, 1.165) is 28.1 Å². The van der Waals surface area contributed by atoms with Crippen LogP contribution >= 0.6 is 0 Å². The van der Waals surface area contributed by atoms with E-state index in [-0.39, 0.29) is 6.54 Å². The number of benzene rings is 1. The highest BCUT2D eigenvalue weighted by molar-refractivity contribution is 5.78. The molecule has 0 unspecified atom stereocenters. The van der Waals surface area contributed by atoms with Crippen LogP contribution in [0, 0.1) is 32.1 Å². The molecule has 4 heteroatoms. The molecule has 0 aliphatic rings. The second-order valence-electron chi connectivity index (χ2n) is 5.33. The number of rotatable bonds is 2. The van der Waals surface area contributed by atoms with Crippen LogP contribution in [0.4, 0.5) is 0 Å². The summed E-state index contributed by atoms with van der Waals surface area (Å²) in [6.07, 6.45) is 1.81. The van der Waals surface area contributed by atoms with E-state index in [1.807, 2.05) is 29.8 Å². The summed E-state index contributed by atoms with van der Waals surface area (Å²) >= 11 is 0. The molecule has 0 N–H and O–H groups in total. The Morgan fingerprint density at radius 2 is 1.95 bits per heavy atom. The Morgan fingerprint density at radius 1 is 1.14 bits per heavy atom. The van der Waals surface area contributed by atoms with E-state index in [1.165, 1.54) is 11.1 Å². The van der Waals surface area contributed by atoms with Crippen molar-refractivity contribution in [2.75, 3.05) is 0 Å². The average Bonchev–Trinajstić information content (AvgIpc) is 2.80. The summed E-state index contributed by atoms with van der Waals surface area (Å²) in [4.78, 5) is 9.12. The van der Waals surface area contributed by atoms with Crippen LogP contribution < -0.4 is 0 Å². The Morgan fingerprint density at radius 3 is 2.67 bits per heavy atom. The Labute approximate surface area is 123 Å². The lowest BCUT2D eigenvalue weighted by atomic mass is 10.1. The average molecular weight is 276 g/mol. The van der Waals surface area contributed by atoms with Crippen molar-refractivity contribution in [2.24, 2.45) is 0 Å². The number of hydrogen-bond donors (Lipinski definition) is 0. The predicted molar refractivity (Wildman–Crippen MR) is 82.8 cm³/mol. The molecule has 2 aromatic heterocycles. The van der Waals surface area contributed by atoms with Crippen molar-refractivity contribution >= 4 is 11.2 Å². The number of aromatic nitrogens is 3. The largest absolute Gasteiger partial charge is 0.295 e. The van der Waals surface area contributed by atoms with E-state index in [0.29, 0.717) is 0 Å². The zero-order valence-electron chi connectivity index (χ0n) is 12.4. The van der Waals surface area contributed by atoms with Gasteiger partial charge in [-0.25, -0.2) is 9.97 Å². The van der Waals surface area contributed by atoms with Gasteiger partial charge in [0, 0.05) is 11.8 Å². The first kappa shape index (κ1) is 13.3. The molecule has 0 aliphatic heterocycles. The molecule has 0 amide bonds. The maximum absolute atomic E-state index is 9.10. The van der Waals surface area contributed by atoms with Gasteiger partial charge in [-0.2, -0.15) is 5.26 Å². The highest BCUT2D eigenvalue weighted by Crippen LogP contribution is 2.25. The molecule has 0 radical (unpaired) electrons. The second kappa shape index (κ2) is 5.02. The lowest BCUT2D eigenvalue weighted by molar-refractivity contribution is 0.857. The van der Waals surface area contributed by atoms with E-state index in [1.54, 1.807) is 0 Å². The molecular weight excluding hydrogens is 260 g/mol. The van der Waals surface area contributed by atoms with Crippen LogP contribution in [0.3, 0.4) is 0 Å². The van der Waals surface area contributed by atoms with E-state index in [4.69, 9.17) is 5.26 Å². The molecule has 0 fully saturated rings. The molecule has 1 aromatic carbocycles. The van der Waals surface area contributed by atoms with Gasteiger partial charge in [0.2, 0.25) is 0 Å². The molecule has 4 nitrogen and oxygen atoms in total. The number of pyridine rings is 1. The Kier molecular flexibility index (Phi) is 3.19. The fourth-order valence-electron chi connectivity index (χ4n) is 2.43. The standard InChI is InChI=1S/C17H16N4/c1-11-8-15-17(19-10-11)21(7-6-18)16(20-15)14-5-4-12(2)13(3)9-14/h4-5,8-10H,7H2,1-3H3. The molecule has 0 atom stereocenters. The predicted octanol–water partition coefficient (Wildman–Crippen LogP) is 3.55. The van der Waals surface area contributed by atoms with Gasteiger partial charge in [-0.15, -0.1) is 0 Å². The molecule has 0 saturated heterocycles. The van der Waals surface area contributed by atoms with Gasteiger partial charge in [-0.3, -0.25) is 4.57 Å². The van der Waals surface area contributed by atoms with Gasteiger partial charge in [0.05, 0.1) is 6.07 Å². The summed E-state index contributed by atoms with van der Waals surface area (Å²) in [7, 11) is 0. The van der Waals surface area contributed by atoms with Gasteiger partial charge in [0.1, 0.15) is 17.9 Å². The van der Waals surface area contributed by atoms with Crippen molar-refractivity contribution in [2.45, 2.75) is 27.3 Å². The number of nitrogens with zero attached hydrogens (tertiary/aromatic N) is 4. The minimum Gasteiger partial charge on any atom is -0.295 e. The van der Waals surface area contributed by atoms with Crippen LogP contribution in [-0.4, -0.2) is 14.5 Å². The van der Waals surface area contributed by atoms with Crippen molar-refractivity contribution in [3.05, 3.63) is 47.2 Å². The zero-order chi connectivity index (χ0) is 15.0. The molecule has 2 heterocycles. The SMILES string of the molecule is Cc1cnc2c(c1)nc(-c1ccc(C)c(C)c1)n2CC#N. The summed E-state index contributed by atoms with van der Waals surface area (Å²) < 4.78 is 1.87. The summed E-state index contributed by atoms with van der Waals surface area (Å²) in [5.74, 6) is 0.799. The normalized spacial score (nSPS) is 10.8.